The van der Waals surface area contributed by atoms with E-state index in [9.17, 15) is 9.90 Å². The third-order valence-corrected chi connectivity index (χ3v) is 3.21. The van der Waals surface area contributed by atoms with Gasteiger partial charge in [0.05, 0.1) is 7.11 Å². The van der Waals surface area contributed by atoms with Crippen LogP contribution in [0.4, 0.5) is 0 Å². The Morgan fingerprint density at radius 1 is 1.35 bits per heavy atom. The largest absolute Gasteiger partial charge is 0.496 e. The van der Waals surface area contributed by atoms with Crippen molar-refractivity contribution in [3.8, 4) is 5.75 Å². The first-order valence-electron chi connectivity index (χ1n) is 6.91. The highest BCUT2D eigenvalue weighted by Gasteiger charge is 2.20. The Hall–Kier alpha value is -1.55. The van der Waals surface area contributed by atoms with Crippen LogP contribution in [0.1, 0.15) is 39.2 Å². The van der Waals surface area contributed by atoms with Gasteiger partial charge in [0.1, 0.15) is 11.8 Å². The average Bonchev–Trinajstić information content (AvgIpc) is 2.37. The quantitative estimate of drug-likeness (QED) is 0.805. The van der Waals surface area contributed by atoms with Crippen molar-refractivity contribution in [2.24, 2.45) is 5.41 Å². The molecule has 0 aliphatic carbocycles. The molecule has 0 amide bonds. The van der Waals surface area contributed by atoms with Gasteiger partial charge in [-0.2, -0.15) is 0 Å². The summed E-state index contributed by atoms with van der Waals surface area (Å²) in [7, 11) is 1.62. The number of carboxylic acids is 1. The summed E-state index contributed by atoms with van der Waals surface area (Å²) < 4.78 is 5.26. The number of carboxylic acid groups (broad SMARTS) is 1. The van der Waals surface area contributed by atoms with Gasteiger partial charge in [-0.1, -0.05) is 39.0 Å². The molecule has 0 unspecified atom stereocenters. The van der Waals surface area contributed by atoms with Crippen molar-refractivity contribution in [2.45, 2.75) is 46.2 Å². The van der Waals surface area contributed by atoms with Crippen molar-refractivity contribution in [3.63, 3.8) is 0 Å². The first kappa shape index (κ1) is 16.5. The predicted octanol–water partition coefficient (Wildman–Crippen LogP) is 3.06. The molecule has 0 aromatic heterocycles. The fourth-order valence-electron chi connectivity index (χ4n) is 1.97. The Labute approximate surface area is 121 Å². The standard InChI is InChI=1S/C16H25NO3/c1-16(2,3)10-9-13(15(18)19)17-11-12-7-5-6-8-14(12)20-4/h5-8,13,17H,9-11H2,1-4H3,(H,18,19)/t13-/m0/s1. The van der Waals surface area contributed by atoms with Crippen molar-refractivity contribution in [1.82, 2.24) is 5.32 Å². The van der Waals surface area contributed by atoms with Crippen LogP contribution in [0.2, 0.25) is 0 Å². The zero-order chi connectivity index (χ0) is 15.2. The fraction of sp³-hybridized carbons (Fsp3) is 0.562. The summed E-state index contributed by atoms with van der Waals surface area (Å²) in [5, 5.41) is 12.4. The fourth-order valence-corrected chi connectivity index (χ4v) is 1.97. The van der Waals surface area contributed by atoms with Crippen LogP contribution < -0.4 is 10.1 Å². The van der Waals surface area contributed by atoms with Crippen LogP contribution in [-0.4, -0.2) is 24.2 Å². The molecular weight excluding hydrogens is 254 g/mol. The lowest BCUT2D eigenvalue weighted by Gasteiger charge is -2.22. The Balaban J connectivity index is 2.61. The molecule has 0 spiro atoms. The smallest absolute Gasteiger partial charge is 0.320 e. The van der Waals surface area contributed by atoms with Crippen LogP contribution in [0, 0.1) is 5.41 Å². The molecule has 0 bridgehead atoms. The van der Waals surface area contributed by atoms with Gasteiger partial charge in [0, 0.05) is 12.1 Å². The van der Waals surface area contributed by atoms with Gasteiger partial charge in [0.25, 0.3) is 0 Å². The molecule has 1 atom stereocenters. The highest BCUT2D eigenvalue weighted by atomic mass is 16.5. The number of rotatable bonds is 7. The van der Waals surface area contributed by atoms with Crippen LogP contribution in [0.25, 0.3) is 0 Å². The molecular formula is C16H25NO3. The molecule has 0 saturated heterocycles. The lowest BCUT2D eigenvalue weighted by molar-refractivity contribution is -0.139. The zero-order valence-corrected chi connectivity index (χ0v) is 12.8. The minimum atomic E-state index is -0.802. The summed E-state index contributed by atoms with van der Waals surface area (Å²) in [5.74, 6) is -0.0240. The topological polar surface area (TPSA) is 58.6 Å². The number of hydrogen-bond donors (Lipinski definition) is 2. The number of carbonyl (C=O) groups is 1. The van der Waals surface area contributed by atoms with Gasteiger partial charge < -0.3 is 15.2 Å². The molecule has 112 valence electrons. The van der Waals surface area contributed by atoms with Gasteiger partial charge in [0.15, 0.2) is 0 Å². The van der Waals surface area contributed by atoms with Gasteiger partial charge in [-0.25, -0.2) is 0 Å². The Kier molecular flexibility index (Phi) is 6.02. The molecule has 4 nitrogen and oxygen atoms in total. The minimum absolute atomic E-state index is 0.139. The highest BCUT2D eigenvalue weighted by Crippen LogP contribution is 2.22. The number of benzene rings is 1. The summed E-state index contributed by atoms with van der Waals surface area (Å²) in [4.78, 5) is 11.3. The normalized spacial score (nSPS) is 13.0. The van der Waals surface area contributed by atoms with E-state index in [0.29, 0.717) is 13.0 Å². The van der Waals surface area contributed by atoms with E-state index in [4.69, 9.17) is 4.74 Å². The van der Waals surface area contributed by atoms with Crippen molar-refractivity contribution in [2.75, 3.05) is 7.11 Å². The molecule has 0 saturated carbocycles. The van der Waals surface area contributed by atoms with Gasteiger partial charge in [-0.05, 0) is 24.3 Å². The number of hydrogen-bond acceptors (Lipinski definition) is 3. The van der Waals surface area contributed by atoms with E-state index in [1.54, 1.807) is 7.11 Å². The van der Waals surface area contributed by atoms with E-state index >= 15 is 0 Å². The number of ether oxygens (including phenoxy) is 1. The first-order chi connectivity index (χ1) is 9.33. The van der Waals surface area contributed by atoms with Crippen molar-refractivity contribution in [1.29, 1.82) is 0 Å². The van der Waals surface area contributed by atoms with Crippen molar-refractivity contribution in [3.05, 3.63) is 29.8 Å². The summed E-state index contributed by atoms with van der Waals surface area (Å²) in [5.41, 5.74) is 1.11. The lowest BCUT2D eigenvalue weighted by atomic mass is 9.88. The van der Waals surface area contributed by atoms with Crippen LogP contribution >= 0.6 is 0 Å². The van der Waals surface area contributed by atoms with Crippen molar-refractivity contribution < 1.29 is 14.6 Å². The number of para-hydroxylation sites is 1. The highest BCUT2D eigenvalue weighted by molar-refractivity contribution is 5.73. The minimum Gasteiger partial charge on any atom is -0.496 e. The summed E-state index contributed by atoms with van der Waals surface area (Å²) in [6.07, 6.45) is 1.48. The molecule has 0 aliphatic heterocycles. The molecule has 1 aromatic carbocycles. The molecule has 1 rings (SSSR count). The number of aliphatic carboxylic acids is 1. The second-order valence-electron chi connectivity index (χ2n) is 6.18. The number of methoxy groups -OCH3 is 1. The molecule has 1 aromatic rings. The molecule has 4 heteroatoms. The second-order valence-corrected chi connectivity index (χ2v) is 6.18. The van der Waals surface area contributed by atoms with Crippen LogP contribution in [-0.2, 0) is 11.3 Å². The Morgan fingerprint density at radius 2 is 2.00 bits per heavy atom. The maximum atomic E-state index is 11.3. The van der Waals surface area contributed by atoms with E-state index in [1.165, 1.54) is 0 Å². The van der Waals surface area contributed by atoms with Crippen LogP contribution in [0.3, 0.4) is 0 Å². The monoisotopic (exact) mass is 279 g/mol. The zero-order valence-electron chi connectivity index (χ0n) is 12.8. The molecule has 0 heterocycles. The third-order valence-electron chi connectivity index (χ3n) is 3.21. The third kappa shape index (κ3) is 5.61. The van der Waals surface area contributed by atoms with Crippen LogP contribution in [0.15, 0.2) is 24.3 Å². The molecule has 0 fully saturated rings. The maximum absolute atomic E-state index is 11.3. The summed E-state index contributed by atoms with van der Waals surface area (Å²) in [6, 6.07) is 7.11. The van der Waals surface area contributed by atoms with Gasteiger partial charge in [0.2, 0.25) is 0 Å². The number of nitrogens with one attached hydrogen (secondary N) is 1. The molecule has 20 heavy (non-hydrogen) atoms. The van der Waals surface area contributed by atoms with E-state index < -0.39 is 12.0 Å². The molecule has 0 radical (unpaired) electrons. The van der Waals surface area contributed by atoms with E-state index in [1.807, 2.05) is 24.3 Å². The van der Waals surface area contributed by atoms with E-state index in [2.05, 4.69) is 26.1 Å². The SMILES string of the molecule is COc1ccccc1CN[C@@H](CCC(C)(C)C)C(=O)O. The predicted molar refractivity (Wildman–Crippen MR) is 79.9 cm³/mol. The van der Waals surface area contributed by atoms with E-state index in [0.717, 1.165) is 17.7 Å². The second kappa shape index (κ2) is 7.29. The van der Waals surface area contributed by atoms with Gasteiger partial charge in [-0.15, -0.1) is 0 Å². The Bertz CT molecular complexity index is 438. The van der Waals surface area contributed by atoms with Crippen LogP contribution in [0.5, 0.6) is 5.75 Å². The Morgan fingerprint density at radius 3 is 2.55 bits per heavy atom. The average molecular weight is 279 g/mol. The van der Waals surface area contributed by atoms with Gasteiger partial charge in [-0.3, -0.25) is 4.79 Å². The summed E-state index contributed by atoms with van der Waals surface area (Å²) in [6.45, 7) is 6.84. The van der Waals surface area contributed by atoms with Crippen molar-refractivity contribution >= 4 is 5.97 Å². The first-order valence-corrected chi connectivity index (χ1v) is 6.91. The molecule has 2 N–H and O–H groups in total. The van der Waals surface area contributed by atoms with E-state index in [-0.39, 0.29) is 5.41 Å². The molecule has 0 aliphatic rings. The lowest BCUT2D eigenvalue weighted by Crippen LogP contribution is -2.37. The summed E-state index contributed by atoms with van der Waals surface area (Å²) >= 11 is 0. The maximum Gasteiger partial charge on any atom is 0.320 e. The van der Waals surface area contributed by atoms with Gasteiger partial charge >= 0.3 is 5.97 Å².